The number of fused-ring (bicyclic) bond motifs is 1. The molecule has 0 radical (unpaired) electrons. The second kappa shape index (κ2) is 7.33. The molecule has 148 valence electrons. The van der Waals surface area contributed by atoms with Crippen LogP contribution in [0.4, 0.5) is 8.78 Å². The predicted octanol–water partition coefficient (Wildman–Crippen LogP) is 3.01. The van der Waals surface area contributed by atoms with Gasteiger partial charge in [-0.3, -0.25) is 9.59 Å². The Morgan fingerprint density at radius 1 is 1.14 bits per heavy atom. The number of aliphatic carboxylic acids is 1. The number of hydrogen-bond acceptors (Lipinski definition) is 3. The van der Waals surface area contributed by atoms with Crippen LogP contribution in [0.15, 0.2) is 18.2 Å². The molecule has 1 aromatic heterocycles. The molecular formula is C20H21F2N3O3. The van der Waals surface area contributed by atoms with E-state index in [2.05, 4.69) is 10.4 Å². The number of carboxylic acids is 1. The van der Waals surface area contributed by atoms with Gasteiger partial charge in [0.2, 0.25) is 0 Å². The number of nitrogens with zero attached hydrogens (tertiary/aromatic N) is 2. The fraction of sp³-hybridized carbons (Fsp3) is 0.450. The standard InChI is InChI=1S/C20H21F2N3O3/c21-14-4-2-6-16(17(14)22)25-15-5-1-3-13(15)18(24-25)19(26)23-12-9-7-11(8-10-12)20(27)28/h2,4,6,11-12H,1,3,5,7-10H2,(H,23,26)(H,27,28). The Balaban J connectivity index is 1.57. The van der Waals surface area contributed by atoms with Gasteiger partial charge in [0.25, 0.3) is 5.91 Å². The van der Waals surface area contributed by atoms with Crippen LogP contribution in [0.3, 0.4) is 0 Å². The molecule has 2 N–H and O–H groups in total. The maximum absolute atomic E-state index is 14.3. The first kappa shape index (κ1) is 18.6. The molecule has 1 saturated carbocycles. The van der Waals surface area contributed by atoms with Gasteiger partial charge in [-0.1, -0.05) is 6.07 Å². The maximum atomic E-state index is 14.3. The van der Waals surface area contributed by atoms with Gasteiger partial charge in [0.05, 0.1) is 5.92 Å². The number of amides is 1. The van der Waals surface area contributed by atoms with Crippen LogP contribution in [0.25, 0.3) is 5.69 Å². The third kappa shape index (κ3) is 3.27. The quantitative estimate of drug-likeness (QED) is 0.842. The summed E-state index contributed by atoms with van der Waals surface area (Å²) in [6, 6.07) is 3.80. The van der Waals surface area contributed by atoms with Gasteiger partial charge in [0.1, 0.15) is 5.69 Å². The van der Waals surface area contributed by atoms with E-state index in [0.29, 0.717) is 38.5 Å². The molecular weight excluding hydrogens is 368 g/mol. The van der Waals surface area contributed by atoms with Crippen molar-refractivity contribution in [2.45, 2.75) is 51.0 Å². The first-order valence-corrected chi connectivity index (χ1v) is 9.54. The van der Waals surface area contributed by atoms with Crippen LogP contribution in [-0.4, -0.2) is 32.8 Å². The van der Waals surface area contributed by atoms with Gasteiger partial charge in [-0.2, -0.15) is 5.10 Å². The summed E-state index contributed by atoms with van der Waals surface area (Å²) in [5.74, 6) is -3.43. The molecule has 0 bridgehead atoms. The Bertz CT molecular complexity index is 933. The third-order valence-corrected chi connectivity index (χ3v) is 5.72. The highest BCUT2D eigenvalue weighted by Crippen LogP contribution is 2.30. The minimum absolute atomic E-state index is 0.000772. The fourth-order valence-electron chi connectivity index (χ4n) is 4.21. The Kier molecular flexibility index (Phi) is 4.87. The van der Waals surface area contributed by atoms with E-state index in [9.17, 15) is 18.4 Å². The second-order valence-corrected chi connectivity index (χ2v) is 7.47. The first-order valence-electron chi connectivity index (χ1n) is 9.54. The molecule has 2 aliphatic carbocycles. The molecule has 0 saturated heterocycles. The van der Waals surface area contributed by atoms with Crippen LogP contribution in [0, 0.1) is 17.6 Å². The topological polar surface area (TPSA) is 84.2 Å². The average molecular weight is 389 g/mol. The molecule has 6 nitrogen and oxygen atoms in total. The lowest BCUT2D eigenvalue weighted by Gasteiger charge is -2.26. The van der Waals surface area contributed by atoms with Crippen molar-refractivity contribution in [2.24, 2.45) is 5.92 Å². The van der Waals surface area contributed by atoms with E-state index in [-0.39, 0.29) is 29.2 Å². The molecule has 0 aliphatic heterocycles. The minimum Gasteiger partial charge on any atom is -0.481 e. The van der Waals surface area contributed by atoms with Crippen molar-refractivity contribution in [1.29, 1.82) is 0 Å². The van der Waals surface area contributed by atoms with E-state index < -0.39 is 17.6 Å². The van der Waals surface area contributed by atoms with Crippen molar-refractivity contribution < 1.29 is 23.5 Å². The summed E-state index contributed by atoms with van der Waals surface area (Å²) in [5, 5.41) is 16.3. The van der Waals surface area contributed by atoms with E-state index in [1.54, 1.807) is 0 Å². The van der Waals surface area contributed by atoms with Crippen molar-refractivity contribution in [3.05, 3.63) is 46.8 Å². The highest BCUT2D eigenvalue weighted by molar-refractivity contribution is 5.94. The van der Waals surface area contributed by atoms with E-state index in [4.69, 9.17) is 5.11 Å². The minimum atomic E-state index is -0.987. The molecule has 1 heterocycles. The summed E-state index contributed by atoms with van der Waals surface area (Å²) in [4.78, 5) is 23.9. The molecule has 0 atom stereocenters. The first-order chi connectivity index (χ1) is 13.5. The summed E-state index contributed by atoms with van der Waals surface area (Å²) < 4.78 is 29.2. The third-order valence-electron chi connectivity index (χ3n) is 5.72. The Morgan fingerprint density at radius 2 is 1.89 bits per heavy atom. The van der Waals surface area contributed by atoms with Crippen LogP contribution in [0.2, 0.25) is 0 Å². The molecule has 28 heavy (non-hydrogen) atoms. The number of aromatic nitrogens is 2. The van der Waals surface area contributed by atoms with Gasteiger partial charge < -0.3 is 10.4 Å². The van der Waals surface area contributed by atoms with E-state index in [1.165, 1.54) is 16.8 Å². The van der Waals surface area contributed by atoms with Crippen LogP contribution in [0.1, 0.15) is 53.8 Å². The molecule has 0 spiro atoms. The molecule has 4 rings (SSSR count). The number of nitrogens with one attached hydrogen (secondary N) is 1. The van der Waals surface area contributed by atoms with Crippen LogP contribution < -0.4 is 5.32 Å². The second-order valence-electron chi connectivity index (χ2n) is 7.47. The zero-order valence-corrected chi connectivity index (χ0v) is 15.3. The van der Waals surface area contributed by atoms with Gasteiger partial charge in [-0.15, -0.1) is 0 Å². The van der Waals surface area contributed by atoms with Gasteiger partial charge in [-0.05, 0) is 57.1 Å². The van der Waals surface area contributed by atoms with Crippen molar-refractivity contribution in [3.8, 4) is 5.69 Å². The fourth-order valence-corrected chi connectivity index (χ4v) is 4.21. The van der Waals surface area contributed by atoms with Crippen molar-refractivity contribution >= 4 is 11.9 Å². The lowest BCUT2D eigenvalue weighted by Crippen LogP contribution is -2.39. The summed E-state index contributed by atoms with van der Waals surface area (Å²) >= 11 is 0. The molecule has 2 aromatic rings. The summed E-state index contributed by atoms with van der Waals surface area (Å²) in [5.41, 5.74) is 1.76. The SMILES string of the molecule is O=C(NC1CCC(C(=O)O)CC1)c1nn(-c2cccc(F)c2F)c2c1CCC2. The van der Waals surface area contributed by atoms with Crippen LogP contribution in [-0.2, 0) is 17.6 Å². The maximum Gasteiger partial charge on any atom is 0.306 e. The number of carboxylic acid groups (broad SMARTS) is 1. The number of halogens is 2. The van der Waals surface area contributed by atoms with Crippen molar-refractivity contribution in [3.63, 3.8) is 0 Å². The summed E-state index contributed by atoms with van der Waals surface area (Å²) in [6.07, 6.45) is 4.40. The number of hydrogen-bond donors (Lipinski definition) is 2. The molecule has 1 aromatic carbocycles. The van der Waals surface area contributed by atoms with Crippen LogP contribution in [0.5, 0.6) is 0 Å². The highest BCUT2D eigenvalue weighted by atomic mass is 19.2. The molecule has 1 fully saturated rings. The highest BCUT2D eigenvalue weighted by Gasteiger charge is 2.31. The number of rotatable bonds is 4. The van der Waals surface area contributed by atoms with E-state index in [0.717, 1.165) is 23.7 Å². The Morgan fingerprint density at radius 3 is 2.61 bits per heavy atom. The zero-order valence-electron chi connectivity index (χ0n) is 15.3. The molecule has 2 aliphatic rings. The van der Waals surface area contributed by atoms with Crippen molar-refractivity contribution in [1.82, 2.24) is 15.1 Å². The van der Waals surface area contributed by atoms with Crippen LogP contribution >= 0.6 is 0 Å². The number of benzene rings is 1. The predicted molar refractivity (Wildman–Crippen MR) is 96.4 cm³/mol. The average Bonchev–Trinajstić information content (AvgIpc) is 3.27. The molecule has 1 amide bonds. The molecule has 0 unspecified atom stereocenters. The lowest BCUT2D eigenvalue weighted by atomic mass is 9.86. The zero-order chi connectivity index (χ0) is 19.8. The molecule has 8 heteroatoms. The largest absolute Gasteiger partial charge is 0.481 e. The van der Waals surface area contributed by atoms with E-state index in [1.807, 2.05) is 0 Å². The van der Waals surface area contributed by atoms with Gasteiger partial charge in [0, 0.05) is 17.3 Å². The number of carbonyl (C=O) groups excluding carboxylic acids is 1. The Hall–Kier alpha value is -2.77. The van der Waals surface area contributed by atoms with Gasteiger partial charge in [0.15, 0.2) is 17.3 Å². The number of carbonyl (C=O) groups is 2. The normalized spacial score (nSPS) is 21.4. The summed E-state index contributed by atoms with van der Waals surface area (Å²) in [7, 11) is 0. The van der Waals surface area contributed by atoms with Crippen molar-refractivity contribution in [2.75, 3.05) is 0 Å². The summed E-state index contributed by atoms with van der Waals surface area (Å²) in [6.45, 7) is 0. The monoisotopic (exact) mass is 389 g/mol. The van der Waals surface area contributed by atoms with Gasteiger partial charge in [-0.25, -0.2) is 13.5 Å². The smallest absolute Gasteiger partial charge is 0.306 e. The Labute approximate surface area is 160 Å². The lowest BCUT2D eigenvalue weighted by molar-refractivity contribution is -0.142. The van der Waals surface area contributed by atoms with Gasteiger partial charge >= 0.3 is 5.97 Å². The van der Waals surface area contributed by atoms with E-state index >= 15 is 0 Å².